The highest BCUT2D eigenvalue weighted by atomic mass is 35.5. The van der Waals surface area contributed by atoms with Crippen molar-refractivity contribution in [3.05, 3.63) is 34.3 Å². The molecule has 1 fully saturated rings. The van der Waals surface area contributed by atoms with Crippen LogP contribution in [0.15, 0.2) is 18.2 Å². The van der Waals surface area contributed by atoms with Crippen molar-refractivity contribution in [3.8, 4) is 0 Å². The molecule has 0 aliphatic heterocycles. The lowest BCUT2D eigenvalue weighted by Crippen LogP contribution is -1.84. The fraction of sp³-hybridized carbons (Fsp3) is 0.400. The van der Waals surface area contributed by atoms with Gasteiger partial charge in [0.25, 0.3) is 0 Å². The van der Waals surface area contributed by atoms with Crippen molar-refractivity contribution in [3.63, 3.8) is 0 Å². The van der Waals surface area contributed by atoms with Gasteiger partial charge in [-0.05, 0) is 47.9 Å². The molecule has 1 saturated carbocycles. The van der Waals surface area contributed by atoms with Crippen LogP contribution in [0.3, 0.4) is 0 Å². The molecule has 56 valence electrons. The first-order valence-corrected chi connectivity index (χ1v) is 4.51. The smallest absolute Gasteiger partial charge is 0.0409 e. The van der Waals surface area contributed by atoms with Gasteiger partial charge in [-0.1, -0.05) is 17.7 Å². The van der Waals surface area contributed by atoms with E-state index in [-0.39, 0.29) is 0 Å². The van der Waals surface area contributed by atoms with Gasteiger partial charge in [0.1, 0.15) is 0 Å². The van der Waals surface area contributed by atoms with Crippen LogP contribution in [0.1, 0.15) is 23.5 Å². The van der Waals surface area contributed by atoms with Gasteiger partial charge in [-0.25, -0.2) is 0 Å². The Labute approximate surface area is 71.2 Å². The second kappa shape index (κ2) is 1.81. The van der Waals surface area contributed by atoms with E-state index in [1.807, 2.05) is 6.07 Å². The molecule has 1 aromatic rings. The molecule has 0 spiro atoms. The Morgan fingerprint density at radius 3 is 3.18 bits per heavy atom. The zero-order valence-electron chi connectivity index (χ0n) is 6.18. The SMILES string of the molecule is Clc1ccc2c(c1)[C@@H]1C[C@@H]1C2. The Morgan fingerprint density at radius 2 is 2.27 bits per heavy atom. The van der Waals surface area contributed by atoms with Crippen molar-refractivity contribution in [1.82, 2.24) is 0 Å². The van der Waals surface area contributed by atoms with Gasteiger partial charge in [-0.2, -0.15) is 0 Å². The third-order valence-electron chi connectivity index (χ3n) is 2.91. The zero-order chi connectivity index (χ0) is 7.42. The van der Waals surface area contributed by atoms with Crippen LogP contribution in [-0.4, -0.2) is 0 Å². The number of fused-ring (bicyclic) bond motifs is 3. The topological polar surface area (TPSA) is 0 Å². The maximum atomic E-state index is 5.91. The lowest BCUT2D eigenvalue weighted by Gasteiger charge is -2.01. The molecule has 2 aliphatic rings. The van der Waals surface area contributed by atoms with Gasteiger partial charge in [0.05, 0.1) is 0 Å². The van der Waals surface area contributed by atoms with Gasteiger partial charge in [-0.15, -0.1) is 0 Å². The molecule has 2 aliphatic carbocycles. The maximum Gasteiger partial charge on any atom is 0.0409 e. The highest BCUT2D eigenvalue weighted by Crippen LogP contribution is 2.56. The Kier molecular flexibility index (Phi) is 0.999. The summed E-state index contributed by atoms with van der Waals surface area (Å²) in [4.78, 5) is 0. The Balaban J connectivity index is 2.20. The second-order valence-electron chi connectivity index (χ2n) is 3.65. The molecule has 0 amide bonds. The highest BCUT2D eigenvalue weighted by Gasteiger charge is 2.44. The molecule has 0 N–H and O–H groups in total. The van der Waals surface area contributed by atoms with Crippen molar-refractivity contribution >= 4 is 11.6 Å². The minimum atomic E-state index is 0.878. The summed E-state index contributed by atoms with van der Waals surface area (Å²) in [6, 6.07) is 6.34. The van der Waals surface area contributed by atoms with Crippen molar-refractivity contribution in [2.75, 3.05) is 0 Å². The van der Waals surface area contributed by atoms with Crippen LogP contribution in [0, 0.1) is 5.92 Å². The summed E-state index contributed by atoms with van der Waals surface area (Å²) in [7, 11) is 0. The quantitative estimate of drug-likeness (QED) is 0.553. The first kappa shape index (κ1) is 6.07. The van der Waals surface area contributed by atoms with Crippen LogP contribution in [0.2, 0.25) is 5.02 Å². The van der Waals surface area contributed by atoms with Crippen molar-refractivity contribution in [1.29, 1.82) is 0 Å². The molecule has 0 unspecified atom stereocenters. The largest absolute Gasteiger partial charge is 0.0843 e. The molecule has 1 aromatic carbocycles. The number of hydrogen-bond acceptors (Lipinski definition) is 0. The number of benzene rings is 1. The van der Waals surface area contributed by atoms with E-state index in [9.17, 15) is 0 Å². The third-order valence-corrected chi connectivity index (χ3v) is 3.15. The van der Waals surface area contributed by atoms with E-state index in [1.165, 1.54) is 24.0 Å². The summed E-state index contributed by atoms with van der Waals surface area (Å²) in [6.07, 6.45) is 2.71. The molecule has 0 saturated heterocycles. The third kappa shape index (κ3) is 0.763. The summed E-state index contributed by atoms with van der Waals surface area (Å²) in [5.74, 6) is 1.85. The van der Waals surface area contributed by atoms with Crippen LogP contribution in [0.25, 0.3) is 0 Å². The van der Waals surface area contributed by atoms with E-state index in [1.54, 1.807) is 0 Å². The van der Waals surface area contributed by atoms with E-state index in [0.29, 0.717) is 0 Å². The first-order chi connectivity index (χ1) is 5.34. The summed E-state index contributed by atoms with van der Waals surface area (Å²) in [5.41, 5.74) is 3.07. The summed E-state index contributed by atoms with van der Waals surface area (Å²) >= 11 is 5.91. The number of halogens is 1. The molecule has 0 radical (unpaired) electrons. The molecule has 2 atom stereocenters. The van der Waals surface area contributed by atoms with Crippen LogP contribution >= 0.6 is 11.6 Å². The summed E-state index contributed by atoms with van der Waals surface area (Å²) in [5, 5.41) is 0.899. The molecular weight excluding hydrogens is 156 g/mol. The Bertz CT molecular complexity index is 317. The predicted molar refractivity (Wildman–Crippen MR) is 46.0 cm³/mol. The fourth-order valence-electron chi connectivity index (χ4n) is 2.23. The molecule has 0 aromatic heterocycles. The molecule has 0 heterocycles. The number of hydrogen-bond donors (Lipinski definition) is 0. The van der Waals surface area contributed by atoms with Crippen molar-refractivity contribution in [2.24, 2.45) is 5.92 Å². The molecular formula is C10H9Cl. The van der Waals surface area contributed by atoms with Crippen LogP contribution in [0.4, 0.5) is 0 Å². The Morgan fingerprint density at radius 1 is 1.36 bits per heavy atom. The maximum absolute atomic E-state index is 5.91. The van der Waals surface area contributed by atoms with E-state index in [2.05, 4.69) is 12.1 Å². The standard InChI is InChI=1S/C10H9Cl/c11-8-2-1-6-3-7-4-9(7)10(6)5-8/h1-2,5,7,9H,3-4H2/t7-,9+/m0/s1. The average molecular weight is 165 g/mol. The lowest BCUT2D eigenvalue weighted by molar-refractivity contribution is 0.857. The molecule has 3 rings (SSSR count). The van der Waals surface area contributed by atoms with Crippen molar-refractivity contribution < 1.29 is 0 Å². The minimum Gasteiger partial charge on any atom is -0.0843 e. The van der Waals surface area contributed by atoms with E-state index < -0.39 is 0 Å². The van der Waals surface area contributed by atoms with Gasteiger partial charge < -0.3 is 0 Å². The van der Waals surface area contributed by atoms with Gasteiger partial charge in [0.2, 0.25) is 0 Å². The average Bonchev–Trinajstić information content (AvgIpc) is 2.67. The Hall–Kier alpha value is -0.490. The second-order valence-corrected chi connectivity index (χ2v) is 4.09. The van der Waals surface area contributed by atoms with Crippen LogP contribution < -0.4 is 0 Å². The lowest BCUT2D eigenvalue weighted by atomic mass is 10.1. The van der Waals surface area contributed by atoms with E-state index in [0.717, 1.165) is 16.9 Å². The van der Waals surface area contributed by atoms with Gasteiger partial charge in [-0.3, -0.25) is 0 Å². The molecule has 11 heavy (non-hydrogen) atoms. The molecule has 0 nitrogen and oxygen atoms in total. The van der Waals surface area contributed by atoms with E-state index in [4.69, 9.17) is 11.6 Å². The minimum absolute atomic E-state index is 0.878. The normalized spacial score (nSPS) is 31.4. The highest BCUT2D eigenvalue weighted by molar-refractivity contribution is 6.30. The number of rotatable bonds is 0. The fourth-order valence-corrected chi connectivity index (χ4v) is 2.41. The van der Waals surface area contributed by atoms with Gasteiger partial charge in [0, 0.05) is 5.02 Å². The zero-order valence-corrected chi connectivity index (χ0v) is 6.93. The monoisotopic (exact) mass is 164 g/mol. The summed E-state index contributed by atoms with van der Waals surface area (Å²) in [6.45, 7) is 0. The van der Waals surface area contributed by atoms with Gasteiger partial charge >= 0.3 is 0 Å². The molecule has 1 heteroatoms. The molecule has 0 bridgehead atoms. The van der Waals surface area contributed by atoms with E-state index >= 15 is 0 Å². The van der Waals surface area contributed by atoms with Crippen LogP contribution in [0.5, 0.6) is 0 Å². The summed E-state index contributed by atoms with van der Waals surface area (Å²) < 4.78 is 0. The predicted octanol–water partition coefficient (Wildman–Crippen LogP) is 3.00. The first-order valence-electron chi connectivity index (χ1n) is 4.13. The van der Waals surface area contributed by atoms with Crippen LogP contribution in [-0.2, 0) is 6.42 Å². The van der Waals surface area contributed by atoms with Crippen molar-refractivity contribution in [2.45, 2.75) is 18.8 Å². The van der Waals surface area contributed by atoms with Gasteiger partial charge in [0.15, 0.2) is 0 Å².